The van der Waals surface area contributed by atoms with Crippen LogP contribution >= 0.6 is 11.6 Å². The summed E-state index contributed by atoms with van der Waals surface area (Å²) in [6, 6.07) is 9.84. The minimum Gasteiger partial charge on any atom is -0.467 e. The molecule has 1 aliphatic rings. The molecule has 1 aromatic carbocycles. The van der Waals surface area contributed by atoms with Crippen molar-refractivity contribution in [3.63, 3.8) is 0 Å². The lowest BCUT2D eigenvalue weighted by atomic mass is 10.1. The van der Waals surface area contributed by atoms with E-state index in [1.54, 1.807) is 0 Å². The highest BCUT2D eigenvalue weighted by Gasteiger charge is 2.18. The smallest absolute Gasteiger partial charge is 0.189 e. The predicted molar refractivity (Wildman–Crippen MR) is 67.5 cm³/mol. The molecule has 2 aromatic rings. The summed E-state index contributed by atoms with van der Waals surface area (Å²) in [7, 11) is 0. The second-order valence-electron chi connectivity index (χ2n) is 4.21. The Balaban J connectivity index is 1.98. The Kier molecular flexibility index (Phi) is 3.17. The molecule has 1 aliphatic heterocycles. The van der Waals surface area contributed by atoms with E-state index >= 15 is 0 Å². The summed E-state index contributed by atoms with van der Waals surface area (Å²) < 4.78 is 12.9. The standard InChI is InChI=1S/C14H13ClNO2/c15-13-6-11(8-16-4-2-1-3-5-16)14-12(7-13)9-17-10-18-14/h1-7H,8-10H2/q+1. The third-order valence-electron chi connectivity index (χ3n) is 2.88. The molecule has 0 radical (unpaired) electrons. The third kappa shape index (κ3) is 2.33. The topological polar surface area (TPSA) is 22.3 Å². The highest BCUT2D eigenvalue weighted by Crippen LogP contribution is 2.31. The molecule has 2 heterocycles. The average Bonchev–Trinajstić information content (AvgIpc) is 2.40. The maximum atomic E-state index is 6.13. The largest absolute Gasteiger partial charge is 0.467 e. The number of hydrogen-bond donors (Lipinski definition) is 0. The van der Waals surface area contributed by atoms with Crippen molar-refractivity contribution in [3.8, 4) is 5.75 Å². The van der Waals surface area contributed by atoms with Gasteiger partial charge in [-0.25, -0.2) is 4.57 Å². The van der Waals surface area contributed by atoms with Crippen LogP contribution in [0, 0.1) is 0 Å². The summed E-state index contributed by atoms with van der Waals surface area (Å²) in [6.07, 6.45) is 4.04. The van der Waals surface area contributed by atoms with Crippen LogP contribution in [0.15, 0.2) is 42.7 Å². The van der Waals surface area contributed by atoms with Crippen molar-refractivity contribution in [3.05, 3.63) is 58.9 Å². The maximum Gasteiger partial charge on any atom is 0.189 e. The van der Waals surface area contributed by atoms with Crippen LogP contribution < -0.4 is 9.30 Å². The Hall–Kier alpha value is -1.58. The molecule has 0 fully saturated rings. The van der Waals surface area contributed by atoms with E-state index in [0.29, 0.717) is 13.4 Å². The summed E-state index contributed by atoms with van der Waals surface area (Å²) in [6.45, 7) is 1.60. The fourth-order valence-corrected chi connectivity index (χ4v) is 2.37. The number of halogens is 1. The van der Waals surface area contributed by atoms with Crippen molar-refractivity contribution in [2.24, 2.45) is 0 Å². The van der Waals surface area contributed by atoms with Gasteiger partial charge in [-0.2, -0.15) is 0 Å². The van der Waals surface area contributed by atoms with Gasteiger partial charge in [-0.3, -0.25) is 0 Å². The Morgan fingerprint density at radius 2 is 2.00 bits per heavy atom. The fraction of sp³-hybridized carbons (Fsp3) is 0.214. The highest BCUT2D eigenvalue weighted by atomic mass is 35.5. The monoisotopic (exact) mass is 262 g/mol. The Bertz CT molecular complexity index is 557. The SMILES string of the molecule is Clc1cc2c(c(C[n+]3ccccc3)c1)OCOC2. The fourth-order valence-electron chi connectivity index (χ4n) is 2.11. The number of ether oxygens (including phenoxy) is 2. The van der Waals surface area contributed by atoms with Crippen LogP contribution in [0.1, 0.15) is 11.1 Å². The number of hydrogen-bond acceptors (Lipinski definition) is 2. The van der Waals surface area contributed by atoms with E-state index in [1.165, 1.54) is 0 Å². The van der Waals surface area contributed by atoms with E-state index in [9.17, 15) is 0 Å². The summed E-state index contributed by atoms with van der Waals surface area (Å²) in [5.74, 6) is 0.905. The first-order valence-electron chi connectivity index (χ1n) is 5.79. The Morgan fingerprint density at radius 1 is 1.17 bits per heavy atom. The molecule has 0 atom stereocenters. The zero-order valence-corrected chi connectivity index (χ0v) is 10.6. The molecule has 0 saturated carbocycles. The first-order chi connectivity index (χ1) is 8.83. The highest BCUT2D eigenvalue weighted by molar-refractivity contribution is 6.30. The van der Waals surface area contributed by atoms with Gasteiger partial charge in [0.25, 0.3) is 0 Å². The van der Waals surface area contributed by atoms with Crippen LogP contribution in [0.2, 0.25) is 5.02 Å². The van der Waals surface area contributed by atoms with Crippen LogP contribution in [-0.4, -0.2) is 6.79 Å². The van der Waals surface area contributed by atoms with E-state index in [-0.39, 0.29) is 0 Å². The molecule has 1 aromatic heterocycles. The van der Waals surface area contributed by atoms with E-state index in [0.717, 1.165) is 28.4 Å². The van der Waals surface area contributed by atoms with E-state index in [1.807, 2.05) is 42.7 Å². The Morgan fingerprint density at radius 3 is 2.83 bits per heavy atom. The van der Waals surface area contributed by atoms with Gasteiger partial charge in [0.1, 0.15) is 5.75 Å². The zero-order valence-electron chi connectivity index (χ0n) is 9.80. The first-order valence-corrected chi connectivity index (χ1v) is 6.16. The zero-order chi connectivity index (χ0) is 12.4. The number of benzene rings is 1. The number of aromatic nitrogens is 1. The van der Waals surface area contributed by atoms with Gasteiger partial charge in [-0.05, 0) is 12.1 Å². The number of nitrogens with zero attached hydrogens (tertiary/aromatic N) is 1. The van der Waals surface area contributed by atoms with Gasteiger partial charge in [0.2, 0.25) is 0 Å². The molecule has 0 unspecified atom stereocenters. The normalized spacial score (nSPS) is 13.8. The molecule has 18 heavy (non-hydrogen) atoms. The lowest BCUT2D eigenvalue weighted by molar-refractivity contribution is -0.688. The van der Waals surface area contributed by atoms with Crippen LogP contribution in [0.25, 0.3) is 0 Å². The second kappa shape index (κ2) is 4.96. The van der Waals surface area contributed by atoms with Gasteiger partial charge in [0.05, 0.1) is 12.2 Å². The molecule has 4 heteroatoms. The quantitative estimate of drug-likeness (QED) is 0.776. The van der Waals surface area contributed by atoms with Gasteiger partial charge in [0.15, 0.2) is 25.7 Å². The van der Waals surface area contributed by atoms with Crippen LogP contribution in [-0.2, 0) is 17.9 Å². The average molecular weight is 263 g/mol. The second-order valence-corrected chi connectivity index (χ2v) is 4.65. The van der Waals surface area contributed by atoms with E-state index in [4.69, 9.17) is 21.1 Å². The maximum absolute atomic E-state index is 6.13. The van der Waals surface area contributed by atoms with Crippen molar-refractivity contribution in [2.45, 2.75) is 13.2 Å². The predicted octanol–water partition coefficient (Wildman–Crippen LogP) is 2.54. The van der Waals surface area contributed by atoms with E-state index in [2.05, 4.69) is 4.57 Å². The van der Waals surface area contributed by atoms with Crippen LogP contribution in [0.4, 0.5) is 0 Å². The Labute approximate surface area is 111 Å². The van der Waals surface area contributed by atoms with Gasteiger partial charge >= 0.3 is 0 Å². The molecule has 0 amide bonds. The van der Waals surface area contributed by atoms with Crippen molar-refractivity contribution in [1.82, 2.24) is 0 Å². The molecule has 0 saturated heterocycles. The van der Waals surface area contributed by atoms with Crippen molar-refractivity contribution in [1.29, 1.82) is 0 Å². The third-order valence-corrected chi connectivity index (χ3v) is 3.10. The molecule has 0 N–H and O–H groups in total. The summed E-state index contributed by atoms with van der Waals surface area (Å²) >= 11 is 6.13. The molecule has 92 valence electrons. The van der Waals surface area contributed by atoms with Crippen LogP contribution in [0.3, 0.4) is 0 Å². The summed E-state index contributed by atoms with van der Waals surface area (Å²) in [5, 5.41) is 0.717. The van der Waals surface area contributed by atoms with E-state index < -0.39 is 0 Å². The van der Waals surface area contributed by atoms with Crippen LogP contribution in [0.5, 0.6) is 5.75 Å². The number of rotatable bonds is 2. The first kappa shape index (κ1) is 11.5. The minimum absolute atomic E-state index is 0.307. The van der Waals surface area contributed by atoms with Crippen molar-refractivity contribution in [2.75, 3.05) is 6.79 Å². The number of pyridine rings is 1. The lowest BCUT2D eigenvalue weighted by Crippen LogP contribution is -2.33. The van der Waals surface area contributed by atoms with Crippen molar-refractivity contribution >= 4 is 11.6 Å². The van der Waals surface area contributed by atoms with Gasteiger partial charge < -0.3 is 9.47 Å². The summed E-state index contributed by atoms with van der Waals surface area (Å²) in [4.78, 5) is 0. The molecule has 3 nitrogen and oxygen atoms in total. The minimum atomic E-state index is 0.307. The van der Waals surface area contributed by atoms with Crippen molar-refractivity contribution < 1.29 is 14.0 Å². The number of fused-ring (bicyclic) bond motifs is 1. The molecule has 0 bridgehead atoms. The van der Waals surface area contributed by atoms with Gasteiger partial charge in [0, 0.05) is 22.7 Å². The van der Waals surface area contributed by atoms with Gasteiger partial charge in [-0.1, -0.05) is 17.7 Å². The summed E-state index contributed by atoms with van der Waals surface area (Å²) in [5.41, 5.74) is 2.09. The molecular formula is C14H13ClNO2+. The molecular weight excluding hydrogens is 250 g/mol. The lowest BCUT2D eigenvalue weighted by Gasteiger charge is -2.20. The molecule has 0 aliphatic carbocycles. The molecule has 3 rings (SSSR count). The van der Waals surface area contributed by atoms with Gasteiger partial charge in [-0.15, -0.1) is 0 Å². The molecule has 0 spiro atoms.